The zero-order chi connectivity index (χ0) is 18.4. The molecule has 0 saturated carbocycles. The van der Waals surface area contributed by atoms with Crippen LogP contribution in [0.15, 0.2) is 18.5 Å². The summed E-state index contributed by atoms with van der Waals surface area (Å²) < 4.78 is 0. The van der Waals surface area contributed by atoms with Crippen LogP contribution in [0.2, 0.25) is 0 Å². The SMILES string of the molecule is CCC(=N)c1c(N)ncnc1NC1CCN(C(=O)C=CCN(C)C)C1. The molecule has 136 valence electrons. The molecule has 1 fully saturated rings. The number of nitrogens with two attached hydrogens (primary N) is 1. The van der Waals surface area contributed by atoms with E-state index >= 15 is 0 Å². The third-order valence-electron chi connectivity index (χ3n) is 4.10. The number of rotatable bonds is 7. The number of aromatic nitrogens is 2. The maximum atomic E-state index is 12.2. The molecule has 0 spiro atoms. The zero-order valence-corrected chi connectivity index (χ0v) is 15.1. The molecule has 8 nitrogen and oxygen atoms in total. The Morgan fingerprint density at radius 2 is 2.28 bits per heavy atom. The van der Waals surface area contributed by atoms with Crippen LogP contribution in [0.25, 0.3) is 0 Å². The van der Waals surface area contributed by atoms with Crippen molar-refractivity contribution in [1.82, 2.24) is 19.8 Å². The highest BCUT2D eigenvalue weighted by atomic mass is 16.2. The van der Waals surface area contributed by atoms with E-state index in [-0.39, 0.29) is 11.9 Å². The summed E-state index contributed by atoms with van der Waals surface area (Å²) in [4.78, 5) is 24.3. The van der Waals surface area contributed by atoms with E-state index in [0.717, 1.165) is 13.0 Å². The lowest BCUT2D eigenvalue weighted by molar-refractivity contribution is -0.125. The van der Waals surface area contributed by atoms with Gasteiger partial charge in [0, 0.05) is 37.5 Å². The summed E-state index contributed by atoms with van der Waals surface area (Å²) >= 11 is 0. The second-order valence-electron chi connectivity index (χ2n) is 6.39. The number of hydrogen-bond donors (Lipinski definition) is 3. The van der Waals surface area contributed by atoms with Crippen molar-refractivity contribution >= 4 is 23.3 Å². The topological polar surface area (TPSA) is 111 Å². The van der Waals surface area contributed by atoms with Gasteiger partial charge in [-0.05, 0) is 26.9 Å². The number of amides is 1. The number of nitrogen functional groups attached to an aromatic ring is 1. The Balaban J connectivity index is 2.00. The Bertz CT molecular complexity index is 656. The first-order valence-corrected chi connectivity index (χ1v) is 8.47. The van der Waals surface area contributed by atoms with Crippen LogP contribution in [-0.2, 0) is 4.79 Å². The van der Waals surface area contributed by atoms with E-state index in [1.807, 2.05) is 36.9 Å². The molecule has 1 amide bonds. The van der Waals surface area contributed by atoms with Gasteiger partial charge in [0.25, 0.3) is 0 Å². The van der Waals surface area contributed by atoms with Crippen molar-refractivity contribution in [2.24, 2.45) is 0 Å². The summed E-state index contributed by atoms with van der Waals surface area (Å²) in [6.07, 6.45) is 6.28. The molecular weight excluding hydrogens is 318 g/mol. The lowest BCUT2D eigenvalue weighted by Crippen LogP contribution is -2.31. The molecule has 1 aromatic heterocycles. The van der Waals surface area contributed by atoms with Crippen molar-refractivity contribution in [3.8, 4) is 0 Å². The normalized spacial score (nSPS) is 17.4. The number of carbonyl (C=O) groups is 1. The molecule has 1 aliphatic rings. The van der Waals surface area contributed by atoms with Crippen LogP contribution >= 0.6 is 0 Å². The zero-order valence-electron chi connectivity index (χ0n) is 15.1. The summed E-state index contributed by atoms with van der Waals surface area (Å²) in [5.41, 5.74) is 6.87. The van der Waals surface area contributed by atoms with Crippen molar-refractivity contribution < 1.29 is 4.79 Å². The average molecular weight is 345 g/mol. The molecule has 8 heteroatoms. The van der Waals surface area contributed by atoms with Crippen LogP contribution in [0.5, 0.6) is 0 Å². The van der Waals surface area contributed by atoms with Gasteiger partial charge in [-0.15, -0.1) is 0 Å². The second kappa shape index (κ2) is 8.57. The lowest BCUT2D eigenvalue weighted by atomic mass is 10.1. The van der Waals surface area contributed by atoms with Crippen molar-refractivity contribution in [1.29, 1.82) is 5.41 Å². The fourth-order valence-corrected chi connectivity index (χ4v) is 2.72. The Kier molecular flexibility index (Phi) is 6.46. The summed E-state index contributed by atoms with van der Waals surface area (Å²) in [5, 5.41) is 11.4. The minimum atomic E-state index is 0.0230. The van der Waals surface area contributed by atoms with E-state index in [1.165, 1.54) is 6.33 Å². The minimum absolute atomic E-state index is 0.0230. The summed E-state index contributed by atoms with van der Waals surface area (Å²) in [7, 11) is 3.92. The van der Waals surface area contributed by atoms with Crippen LogP contribution < -0.4 is 11.1 Å². The molecule has 1 unspecified atom stereocenters. The van der Waals surface area contributed by atoms with E-state index in [4.69, 9.17) is 11.1 Å². The smallest absolute Gasteiger partial charge is 0.246 e. The van der Waals surface area contributed by atoms with Gasteiger partial charge in [0.2, 0.25) is 5.91 Å². The molecule has 2 rings (SSSR count). The highest BCUT2D eigenvalue weighted by Gasteiger charge is 2.26. The lowest BCUT2D eigenvalue weighted by Gasteiger charge is -2.18. The Labute approximate surface area is 148 Å². The molecule has 0 aromatic carbocycles. The molecule has 2 heterocycles. The quantitative estimate of drug-likeness (QED) is 0.501. The van der Waals surface area contributed by atoms with Crippen molar-refractivity contribution in [3.63, 3.8) is 0 Å². The van der Waals surface area contributed by atoms with E-state index in [9.17, 15) is 4.79 Å². The third-order valence-corrected chi connectivity index (χ3v) is 4.10. The van der Waals surface area contributed by atoms with Gasteiger partial charge in [-0.3, -0.25) is 4.79 Å². The fraction of sp³-hybridized carbons (Fsp3) is 0.529. The van der Waals surface area contributed by atoms with Crippen LogP contribution in [-0.4, -0.2) is 71.2 Å². The monoisotopic (exact) mass is 345 g/mol. The number of likely N-dealkylation sites (N-methyl/N-ethyl adjacent to an activating group) is 1. The first-order valence-electron chi connectivity index (χ1n) is 8.47. The Hall–Kier alpha value is -2.48. The molecular formula is C17H27N7O. The Morgan fingerprint density at radius 1 is 1.52 bits per heavy atom. The molecule has 0 aliphatic carbocycles. The molecule has 1 saturated heterocycles. The van der Waals surface area contributed by atoms with Gasteiger partial charge in [0.15, 0.2) is 0 Å². The van der Waals surface area contributed by atoms with Gasteiger partial charge in [-0.2, -0.15) is 0 Å². The molecule has 1 atom stereocenters. The first-order chi connectivity index (χ1) is 11.9. The number of anilines is 2. The Morgan fingerprint density at radius 3 is 2.96 bits per heavy atom. The maximum Gasteiger partial charge on any atom is 0.246 e. The van der Waals surface area contributed by atoms with Crippen LogP contribution in [0.3, 0.4) is 0 Å². The molecule has 1 aromatic rings. The first kappa shape index (κ1) is 18.9. The van der Waals surface area contributed by atoms with Gasteiger partial charge in [-0.25, -0.2) is 9.97 Å². The average Bonchev–Trinajstić information content (AvgIpc) is 3.02. The number of hydrogen-bond acceptors (Lipinski definition) is 7. The predicted molar refractivity (Wildman–Crippen MR) is 99.9 cm³/mol. The highest BCUT2D eigenvalue weighted by Crippen LogP contribution is 2.22. The van der Waals surface area contributed by atoms with E-state index < -0.39 is 0 Å². The third kappa shape index (κ3) is 4.99. The minimum Gasteiger partial charge on any atom is -0.383 e. The van der Waals surface area contributed by atoms with Crippen LogP contribution in [0.4, 0.5) is 11.6 Å². The number of carbonyl (C=O) groups excluding carboxylic acids is 1. The standard InChI is InChI=1S/C17H27N7O/c1-4-13(18)15-16(19)20-11-21-17(15)22-12-7-9-24(10-12)14(25)6-5-8-23(2)3/h5-6,11-12,18H,4,7-10H2,1-3H3,(H3,19,20,21,22). The molecule has 1 aliphatic heterocycles. The van der Waals surface area contributed by atoms with E-state index in [2.05, 4.69) is 15.3 Å². The van der Waals surface area contributed by atoms with Crippen molar-refractivity contribution in [2.45, 2.75) is 25.8 Å². The summed E-state index contributed by atoms with van der Waals surface area (Å²) in [6.45, 7) is 3.94. The van der Waals surface area contributed by atoms with Crippen molar-refractivity contribution in [2.75, 3.05) is 44.8 Å². The van der Waals surface area contributed by atoms with E-state index in [0.29, 0.717) is 42.4 Å². The summed E-state index contributed by atoms with van der Waals surface area (Å²) in [6, 6.07) is 0.0869. The van der Waals surface area contributed by atoms with Crippen LogP contribution in [0, 0.1) is 5.41 Å². The predicted octanol–water partition coefficient (Wildman–Crippen LogP) is 0.967. The van der Waals surface area contributed by atoms with Gasteiger partial charge in [0.1, 0.15) is 18.0 Å². The highest BCUT2D eigenvalue weighted by molar-refractivity contribution is 6.05. The number of likely N-dealkylation sites (tertiary alicyclic amines) is 1. The largest absolute Gasteiger partial charge is 0.383 e. The molecule has 25 heavy (non-hydrogen) atoms. The van der Waals surface area contributed by atoms with Gasteiger partial charge < -0.3 is 26.3 Å². The van der Waals surface area contributed by atoms with Gasteiger partial charge in [-0.1, -0.05) is 13.0 Å². The summed E-state index contributed by atoms with van der Waals surface area (Å²) in [5.74, 6) is 0.901. The maximum absolute atomic E-state index is 12.2. The van der Waals surface area contributed by atoms with Crippen molar-refractivity contribution in [3.05, 3.63) is 24.0 Å². The fourth-order valence-electron chi connectivity index (χ4n) is 2.72. The molecule has 0 radical (unpaired) electrons. The second-order valence-corrected chi connectivity index (χ2v) is 6.39. The van der Waals surface area contributed by atoms with Gasteiger partial charge >= 0.3 is 0 Å². The van der Waals surface area contributed by atoms with Gasteiger partial charge in [0.05, 0.1) is 5.56 Å². The van der Waals surface area contributed by atoms with Crippen LogP contribution in [0.1, 0.15) is 25.3 Å². The molecule has 0 bridgehead atoms. The number of nitrogens with zero attached hydrogens (tertiary/aromatic N) is 4. The molecule has 4 N–H and O–H groups in total. The van der Waals surface area contributed by atoms with E-state index in [1.54, 1.807) is 6.08 Å². The number of nitrogens with one attached hydrogen (secondary N) is 2.